The van der Waals surface area contributed by atoms with E-state index in [1.54, 1.807) is 19.2 Å². The summed E-state index contributed by atoms with van der Waals surface area (Å²) in [5.41, 5.74) is 6.32. The molecule has 0 saturated heterocycles. The molecule has 0 aromatic heterocycles. The zero-order valence-corrected chi connectivity index (χ0v) is 18.0. The Labute approximate surface area is 169 Å². The molecule has 0 bridgehead atoms. The molecule has 1 aliphatic rings. The van der Waals surface area contributed by atoms with Gasteiger partial charge in [-0.15, -0.1) is 12.4 Å². The molecule has 1 amide bonds. The highest BCUT2D eigenvalue weighted by Gasteiger charge is 2.25. The zero-order valence-electron chi connectivity index (χ0n) is 16.3. The van der Waals surface area contributed by atoms with E-state index in [1.807, 2.05) is 13.8 Å². The SMILES string of the molecule is CC(C)N(C)S(=O)(=O)c1ccc(C(=O)NC(CN)C2CCCCC2)cc1.Cl. The van der Waals surface area contributed by atoms with Gasteiger partial charge in [0.2, 0.25) is 10.0 Å². The Kier molecular flexibility index (Phi) is 9.21. The Bertz CT molecular complexity index is 701. The van der Waals surface area contributed by atoms with Crippen molar-refractivity contribution in [1.29, 1.82) is 0 Å². The summed E-state index contributed by atoms with van der Waals surface area (Å²) >= 11 is 0. The van der Waals surface area contributed by atoms with Crippen LogP contribution in [0.1, 0.15) is 56.3 Å². The van der Waals surface area contributed by atoms with Crippen molar-refractivity contribution in [2.45, 2.75) is 62.9 Å². The Balaban J connectivity index is 0.00000364. The van der Waals surface area contributed by atoms with E-state index in [-0.39, 0.29) is 35.3 Å². The molecule has 0 heterocycles. The molecule has 154 valence electrons. The van der Waals surface area contributed by atoms with Gasteiger partial charge in [0.25, 0.3) is 5.91 Å². The summed E-state index contributed by atoms with van der Waals surface area (Å²) in [6.07, 6.45) is 5.82. The quantitative estimate of drug-likeness (QED) is 0.713. The molecule has 1 aromatic carbocycles. The summed E-state index contributed by atoms with van der Waals surface area (Å²) in [6.45, 7) is 4.05. The standard InChI is InChI=1S/C19H31N3O3S.ClH/c1-14(2)22(3)26(24,25)17-11-9-16(10-12-17)19(23)21-18(13-20)15-7-5-4-6-8-15;/h9-12,14-15,18H,4-8,13,20H2,1-3H3,(H,21,23);1H. The van der Waals surface area contributed by atoms with E-state index in [4.69, 9.17) is 5.73 Å². The van der Waals surface area contributed by atoms with Gasteiger partial charge in [-0.1, -0.05) is 19.3 Å². The van der Waals surface area contributed by atoms with Crippen molar-refractivity contribution in [1.82, 2.24) is 9.62 Å². The number of nitrogens with zero attached hydrogens (tertiary/aromatic N) is 1. The Morgan fingerprint density at radius 2 is 1.74 bits per heavy atom. The molecule has 0 spiro atoms. The predicted molar refractivity (Wildman–Crippen MR) is 111 cm³/mol. The molecule has 6 nitrogen and oxygen atoms in total. The third kappa shape index (κ3) is 5.91. The summed E-state index contributed by atoms with van der Waals surface area (Å²) in [5, 5.41) is 3.03. The molecule has 1 atom stereocenters. The minimum atomic E-state index is -3.54. The maximum Gasteiger partial charge on any atom is 0.251 e. The Hall–Kier alpha value is -1.15. The Morgan fingerprint density at radius 1 is 1.19 bits per heavy atom. The summed E-state index contributed by atoms with van der Waals surface area (Å²) in [7, 11) is -1.99. The maximum absolute atomic E-state index is 12.5. The van der Waals surface area contributed by atoms with Crippen molar-refractivity contribution in [3.05, 3.63) is 29.8 Å². The maximum atomic E-state index is 12.5. The van der Waals surface area contributed by atoms with Crippen LogP contribution in [0.2, 0.25) is 0 Å². The van der Waals surface area contributed by atoms with Crippen LogP contribution in [-0.2, 0) is 10.0 Å². The lowest BCUT2D eigenvalue weighted by atomic mass is 9.84. The van der Waals surface area contributed by atoms with Crippen LogP contribution in [0.25, 0.3) is 0 Å². The van der Waals surface area contributed by atoms with Crippen molar-refractivity contribution in [3.63, 3.8) is 0 Å². The molecule has 1 aliphatic carbocycles. The number of carbonyl (C=O) groups excluding carboxylic acids is 1. The van der Waals surface area contributed by atoms with Gasteiger partial charge in [-0.05, 0) is 56.9 Å². The largest absolute Gasteiger partial charge is 0.348 e. The van der Waals surface area contributed by atoms with Crippen molar-refractivity contribution in [2.24, 2.45) is 11.7 Å². The lowest BCUT2D eigenvalue weighted by Crippen LogP contribution is -2.45. The number of carbonyl (C=O) groups is 1. The second kappa shape index (κ2) is 10.4. The van der Waals surface area contributed by atoms with E-state index in [2.05, 4.69) is 5.32 Å². The van der Waals surface area contributed by atoms with Crippen LogP contribution in [0.4, 0.5) is 0 Å². The average Bonchev–Trinajstić information content (AvgIpc) is 2.65. The van der Waals surface area contributed by atoms with Crippen LogP contribution in [0.5, 0.6) is 0 Å². The van der Waals surface area contributed by atoms with Gasteiger partial charge in [-0.3, -0.25) is 4.79 Å². The molecule has 27 heavy (non-hydrogen) atoms. The van der Waals surface area contributed by atoms with Crippen molar-refractivity contribution in [2.75, 3.05) is 13.6 Å². The van der Waals surface area contributed by atoms with Gasteiger partial charge in [0.15, 0.2) is 0 Å². The topological polar surface area (TPSA) is 92.5 Å². The van der Waals surface area contributed by atoms with Crippen LogP contribution in [0.3, 0.4) is 0 Å². The summed E-state index contributed by atoms with van der Waals surface area (Å²) in [4.78, 5) is 12.7. The number of amides is 1. The van der Waals surface area contributed by atoms with Gasteiger partial charge in [0.1, 0.15) is 0 Å². The first-order chi connectivity index (χ1) is 12.3. The first kappa shape index (κ1) is 23.9. The summed E-state index contributed by atoms with van der Waals surface area (Å²) < 4.78 is 26.3. The number of benzene rings is 1. The normalized spacial score (nSPS) is 16.8. The number of hydrogen-bond acceptors (Lipinski definition) is 4. The van der Waals surface area contributed by atoms with Crippen molar-refractivity contribution >= 4 is 28.3 Å². The van der Waals surface area contributed by atoms with Crippen LogP contribution in [-0.4, -0.2) is 44.3 Å². The third-order valence-corrected chi connectivity index (χ3v) is 7.36. The van der Waals surface area contributed by atoms with E-state index in [1.165, 1.54) is 35.7 Å². The van der Waals surface area contributed by atoms with E-state index in [0.29, 0.717) is 18.0 Å². The molecule has 1 saturated carbocycles. The molecule has 1 unspecified atom stereocenters. The number of nitrogens with one attached hydrogen (secondary N) is 1. The van der Waals surface area contributed by atoms with Gasteiger partial charge in [-0.2, -0.15) is 4.31 Å². The zero-order chi connectivity index (χ0) is 19.3. The molecule has 2 rings (SSSR count). The fourth-order valence-electron chi connectivity index (χ4n) is 3.38. The second-order valence-electron chi connectivity index (χ2n) is 7.35. The van der Waals surface area contributed by atoms with E-state index in [9.17, 15) is 13.2 Å². The van der Waals surface area contributed by atoms with Gasteiger partial charge in [0, 0.05) is 31.2 Å². The van der Waals surface area contributed by atoms with Crippen LogP contribution in [0.15, 0.2) is 29.2 Å². The van der Waals surface area contributed by atoms with Gasteiger partial charge in [-0.25, -0.2) is 8.42 Å². The van der Waals surface area contributed by atoms with Crippen LogP contribution < -0.4 is 11.1 Å². The fraction of sp³-hybridized carbons (Fsp3) is 0.632. The molecular formula is C19H32ClN3O3S. The van der Waals surface area contributed by atoms with Gasteiger partial charge in [0.05, 0.1) is 4.90 Å². The summed E-state index contributed by atoms with van der Waals surface area (Å²) in [6, 6.07) is 5.93. The van der Waals surface area contributed by atoms with Gasteiger partial charge < -0.3 is 11.1 Å². The third-order valence-electron chi connectivity index (χ3n) is 5.31. The highest BCUT2D eigenvalue weighted by Crippen LogP contribution is 2.26. The number of hydrogen-bond donors (Lipinski definition) is 2. The lowest BCUT2D eigenvalue weighted by Gasteiger charge is -2.30. The Morgan fingerprint density at radius 3 is 2.22 bits per heavy atom. The second-order valence-corrected chi connectivity index (χ2v) is 9.35. The average molecular weight is 418 g/mol. The van der Waals surface area contributed by atoms with Crippen molar-refractivity contribution in [3.8, 4) is 0 Å². The summed E-state index contributed by atoms with van der Waals surface area (Å²) in [5.74, 6) is 0.226. The predicted octanol–water partition coefficient (Wildman–Crippen LogP) is 2.77. The highest BCUT2D eigenvalue weighted by molar-refractivity contribution is 7.89. The molecule has 1 aromatic rings. The highest BCUT2D eigenvalue weighted by atomic mass is 35.5. The minimum Gasteiger partial charge on any atom is -0.348 e. The minimum absolute atomic E-state index is 0. The number of nitrogens with two attached hydrogens (primary N) is 1. The van der Waals surface area contributed by atoms with Crippen molar-refractivity contribution < 1.29 is 13.2 Å². The van der Waals surface area contributed by atoms with E-state index < -0.39 is 10.0 Å². The molecular weight excluding hydrogens is 386 g/mol. The first-order valence-corrected chi connectivity index (χ1v) is 10.8. The monoisotopic (exact) mass is 417 g/mol. The molecule has 1 fully saturated rings. The smallest absolute Gasteiger partial charge is 0.251 e. The number of sulfonamides is 1. The van der Waals surface area contributed by atoms with E-state index >= 15 is 0 Å². The molecule has 0 aliphatic heterocycles. The number of halogens is 1. The lowest BCUT2D eigenvalue weighted by molar-refractivity contribution is 0.0915. The van der Waals surface area contributed by atoms with E-state index in [0.717, 1.165) is 12.8 Å². The first-order valence-electron chi connectivity index (χ1n) is 9.36. The van der Waals surface area contributed by atoms with Crippen LogP contribution in [0, 0.1) is 5.92 Å². The molecule has 0 radical (unpaired) electrons. The molecule has 8 heteroatoms. The van der Waals surface area contributed by atoms with Gasteiger partial charge >= 0.3 is 0 Å². The number of rotatable bonds is 7. The van der Waals surface area contributed by atoms with Crippen LogP contribution >= 0.6 is 12.4 Å². The molecule has 3 N–H and O–H groups in total. The fourth-order valence-corrected chi connectivity index (χ4v) is 4.75.